The molecule has 0 spiro atoms. The maximum Gasteiger partial charge on any atom is 0.353 e. The number of hydrogen-bond acceptors (Lipinski definition) is 6. The van der Waals surface area contributed by atoms with E-state index < -0.39 is 23.7 Å². The van der Waals surface area contributed by atoms with Crippen LogP contribution in [0.5, 0.6) is 5.75 Å². The Balaban J connectivity index is 2.21. The van der Waals surface area contributed by atoms with E-state index >= 15 is 0 Å². The van der Waals surface area contributed by atoms with Crippen molar-refractivity contribution in [2.24, 2.45) is 0 Å². The molecule has 106 valence electrons. The molecule has 0 aliphatic rings. The average Bonchev–Trinajstić information content (AvgIpc) is 2.43. The van der Waals surface area contributed by atoms with Gasteiger partial charge in [0.1, 0.15) is 5.75 Å². The number of aromatic nitrogens is 2. The highest BCUT2D eigenvalue weighted by Gasteiger charge is 2.12. The quantitative estimate of drug-likeness (QED) is 0.706. The van der Waals surface area contributed by atoms with Crippen LogP contribution in [0.3, 0.4) is 0 Å². The number of methoxy groups -OCH3 is 1. The molecular formula is C12H13FN4O3. The van der Waals surface area contributed by atoms with Gasteiger partial charge in [-0.25, -0.2) is 9.18 Å². The van der Waals surface area contributed by atoms with Gasteiger partial charge in [-0.1, -0.05) is 0 Å². The Morgan fingerprint density at radius 2 is 2.10 bits per heavy atom. The minimum atomic E-state index is -1.47. The minimum Gasteiger partial charge on any atom is -0.497 e. The SMILES string of the molecule is COc1ccc(NC(O)n2cc(F)c(N)nc2=O)cc1. The number of ether oxygens (including phenoxy) is 1. The largest absolute Gasteiger partial charge is 0.497 e. The van der Waals surface area contributed by atoms with Crippen molar-refractivity contribution in [2.75, 3.05) is 18.2 Å². The zero-order valence-electron chi connectivity index (χ0n) is 10.6. The van der Waals surface area contributed by atoms with Gasteiger partial charge >= 0.3 is 5.69 Å². The summed E-state index contributed by atoms with van der Waals surface area (Å²) in [5, 5.41) is 12.5. The fourth-order valence-electron chi connectivity index (χ4n) is 1.54. The first-order valence-corrected chi connectivity index (χ1v) is 5.64. The van der Waals surface area contributed by atoms with E-state index in [1.807, 2.05) is 0 Å². The van der Waals surface area contributed by atoms with Crippen molar-refractivity contribution in [1.29, 1.82) is 0 Å². The van der Waals surface area contributed by atoms with Gasteiger partial charge in [-0.3, -0.25) is 4.57 Å². The zero-order chi connectivity index (χ0) is 14.7. The Morgan fingerprint density at radius 3 is 2.70 bits per heavy atom. The smallest absolute Gasteiger partial charge is 0.353 e. The number of anilines is 2. The van der Waals surface area contributed by atoms with Gasteiger partial charge in [0.2, 0.25) is 6.35 Å². The van der Waals surface area contributed by atoms with Crippen LogP contribution in [0, 0.1) is 5.82 Å². The summed E-state index contributed by atoms with van der Waals surface area (Å²) in [7, 11) is 1.53. The maximum absolute atomic E-state index is 13.3. The normalized spacial score (nSPS) is 11.9. The van der Waals surface area contributed by atoms with E-state index in [2.05, 4.69) is 10.3 Å². The summed E-state index contributed by atoms with van der Waals surface area (Å²) in [6.07, 6.45) is -0.690. The van der Waals surface area contributed by atoms with Gasteiger partial charge in [0.05, 0.1) is 13.3 Å². The van der Waals surface area contributed by atoms with Gasteiger partial charge in [0.25, 0.3) is 0 Å². The summed E-state index contributed by atoms with van der Waals surface area (Å²) in [5.74, 6) is -0.759. The molecule has 0 aliphatic carbocycles. The molecule has 20 heavy (non-hydrogen) atoms. The summed E-state index contributed by atoms with van der Waals surface area (Å²) >= 11 is 0. The lowest BCUT2D eigenvalue weighted by Gasteiger charge is -2.16. The van der Waals surface area contributed by atoms with Crippen LogP contribution in [-0.2, 0) is 0 Å². The molecular weight excluding hydrogens is 267 g/mol. The van der Waals surface area contributed by atoms with Crippen LogP contribution in [0.4, 0.5) is 15.9 Å². The maximum atomic E-state index is 13.3. The zero-order valence-corrected chi connectivity index (χ0v) is 10.6. The summed E-state index contributed by atoms with van der Waals surface area (Å²) in [4.78, 5) is 14.8. The minimum absolute atomic E-state index is 0.511. The molecule has 2 aromatic rings. The monoisotopic (exact) mass is 280 g/mol. The molecule has 1 aromatic carbocycles. The molecule has 0 radical (unpaired) electrons. The van der Waals surface area contributed by atoms with Crippen molar-refractivity contribution < 1.29 is 14.2 Å². The molecule has 1 unspecified atom stereocenters. The predicted octanol–water partition coefficient (Wildman–Crippen LogP) is 0.534. The number of benzene rings is 1. The summed E-state index contributed by atoms with van der Waals surface area (Å²) < 4.78 is 18.9. The molecule has 8 heteroatoms. The lowest BCUT2D eigenvalue weighted by molar-refractivity contribution is 0.127. The molecule has 0 saturated carbocycles. The molecule has 4 N–H and O–H groups in total. The summed E-state index contributed by atoms with van der Waals surface area (Å²) in [6, 6.07) is 6.60. The second-order valence-electron chi connectivity index (χ2n) is 3.91. The van der Waals surface area contributed by atoms with Gasteiger partial charge in [0.15, 0.2) is 11.6 Å². The Bertz CT molecular complexity index is 657. The van der Waals surface area contributed by atoms with Crippen molar-refractivity contribution in [3.8, 4) is 5.75 Å². The van der Waals surface area contributed by atoms with E-state index in [4.69, 9.17) is 10.5 Å². The molecule has 0 fully saturated rings. The fraction of sp³-hybridized carbons (Fsp3) is 0.167. The number of nitrogens with two attached hydrogens (primary N) is 1. The van der Waals surface area contributed by atoms with Crippen LogP contribution in [0.25, 0.3) is 0 Å². The second kappa shape index (κ2) is 5.57. The van der Waals surface area contributed by atoms with E-state index in [-0.39, 0.29) is 0 Å². The molecule has 1 heterocycles. The van der Waals surface area contributed by atoms with Gasteiger partial charge < -0.3 is 20.9 Å². The van der Waals surface area contributed by atoms with Crippen molar-refractivity contribution in [3.63, 3.8) is 0 Å². The topological polar surface area (TPSA) is 102 Å². The number of nitrogen functional groups attached to an aromatic ring is 1. The lowest BCUT2D eigenvalue weighted by Crippen LogP contribution is -2.32. The Morgan fingerprint density at radius 1 is 1.45 bits per heavy atom. The van der Waals surface area contributed by atoms with Gasteiger partial charge in [-0.15, -0.1) is 0 Å². The standard InChI is InChI=1S/C12H13FN4O3/c1-20-8-4-2-7(3-5-8)15-11(18)17-6-9(13)10(14)16-12(17)19/h2-6,11,15,18H,1H3,(H2,14,16,19). The highest BCUT2D eigenvalue weighted by atomic mass is 19.1. The predicted molar refractivity (Wildman–Crippen MR) is 70.7 cm³/mol. The number of nitrogens with zero attached hydrogens (tertiary/aromatic N) is 2. The van der Waals surface area contributed by atoms with Crippen molar-refractivity contribution in [2.45, 2.75) is 6.35 Å². The molecule has 0 aliphatic heterocycles. The Kier molecular flexibility index (Phi) is 3.85. The van der Waals surface area contributed by atoms with E-state index in [1.54, 1.807) is 24.3 Å². The van der Waals surface area contributed by atoms with Crippen molar-refractivity contribution in [1.82, 2.24) is 9.55 Å². The first-order chi connectivity index (χ1) is 9.51. The molecule has 7 nitrogen and oxygen atoms in total. The average molecular weight is 280 g/mol. The third-order valence-electron chi connectivity index (χ3n) is 2.58. The van der Waals surface area contributed by atoms with Crippen LogP contribution < -0.4 is 21.5 Å². The number of aliphatic hydroxyl groups excluding tert-OH is 1. The van der Waals surface area contributed by atoms with Crippen LogP contribution in [0.2, 0.25) is 0 Å². The number of rotatable bonds is 4. The van der Waals surface area contributed by atoms with Crippen LogP contribution in [0.15, 0.2) is 35.3 Å². The highest BCUT2D eigenvalue weighted by molar-refractivity contribution is 5.46. The van der Waals surface area contributed by atoms with Gasteiger partial charge in [-0.05, 0) is 24.3 Å². The molecule has 1 atom stereocenters. The fourth-order valence-corrected chi connectivity index (χ4v) is 1.54. The Hall–Kier alpha value is -2.61. The second-order valence-corrected chi connectivity index (χ2v) is 3.91. The summed E-state index contributed by atoms with van der Waals surface area (Å²) in [6.45, 7) is 0. The van der Waals surface area contributed by atoms with Crippen LogP contribution >= 0.6 is 0 Å². The molecule has 0 saturated heterocycles. The van der Waals surface area contributed by atoms with E-state index in [0.717, 1.165) is 6.20 Å². The molecule has 2 rings (SSSR count). The van der Waals surface area contributed by atoms with Gasteiger partial charge in [0, 0.05) is 5.69 Å². The first-order valence-electron chi connectivity index (χ1n) is 5.64. The van der Waals surface area contributed by atoms with Gasteiger partial charge in [-0.2, -0.15) is 4.98 Å². The van der Waals surface area contributed by atoms with E-state index in [0.29, 0.717) is 16.0 Å². The Labute approximate surface area is 113 Å². The molecule has 0 bridgehead atoms. The molecule has 0 amide bonds. The molecule has 1 aromatic heterocycles. The number of hydrogen-bond donors (Lipinski definition) is 3. The highest BCUT2D eigenvalue weighted by Crippen LogP contribution is 2.17. The van der Waals surface area contributed by atoms with E-state index in [1.165, 1.54) is 7.11 Å². The number of aliphatic hydroxyl groups is 1. The number of halogens is 1. The first kappa shape index (κ1) is 13.8. The third-order valence-corrected chi connectivity index (χ3v) is 2.58. The number of nitrogens with one attached hydrogen (secondary N) is 1. The van der Waals surface area contributed by atoms with Crippen LogP contribution in [0.1, 0.15) is 6.35 Å². The lowest BCUT2D eigenvalue weighted by atomic mass is 10.3. The van der Waals surface area contributed by atoms with Crippen molar-refractivity contribution >= 4 is 11.5 Å². The summed E-state index contributed by atoms with van der Waals surface area (Å²) in [5.41, 5.74) is 4.81. The van der Waals surface area contributed by atoms with Crippen LogP contribution in [-0.4, -0.2) is 21.8 Å². The van der Waals surface area contributed by atoms with E-state index in [9.17, 15) is 14.3 Å². The van der Waals surface area contributed by atoms with Crippen molar-refractivity contribution in [3.05, 3.63) is 46.8 Å². The third kappa shape index (κ3) is 2.86.